The van der Waals surface area contributed by atoms with E-state index < -0.39 is 0 Å². The summed E-state index contributed by atoms with van der Waals surface area (Å²) in [5, 5.41) is 3.08. The van der Waals surface area contributed by atoms with Crippen LogP contribution in [0.3, 0.4) is 0 Å². The quantitative estimate of drug-likeness (QED) is 0.882. The minimum Gasteiger partial charge on any atom is -0.325 e. The summed E-state index contributed by atoms with van der Waals surface area (Å²) in [6.45, 7) is 6.59. The third-order valence-electron chi connectivity index (χ3n) is 5.15. The molecule has 2 aromatic carbocycles. The molecule has 0 spiro atoms. The van der Waals surface area contributed by atoms with E-state index in [2.05, 4.69) is 19.2 Å². The van der Waals surface area contributed by atoms with Gasteiger partial charge in [-0.3, -0.25) is 9.59 Å². The van der Waals surface area contributed by atoms with Crippen LogP contribution in [0.4, 0.5) is 11.4 Å². The van der Waals surface area contributed by atoms with Gasteiger partial charge in [-0.05, 0) is 42.5 Å². The van der Waals surface area contributed by atoms with E-state index in [-0.39, 0.29) is 24.2 Å². The Hall–Kier alpha value is -2.62. The molecule has 136 valence electrons. The number of amides is 2. The maximum absolute atomic E-state index is 12.8. The number of nitrogens with one attached hydrogen (secondary N) is 1. The Balaban J connectivity index is 1.78. The lowest BCUT2D eigenvalue weighted by Crippen LogP contribution is -2.29. The normalized spacial score (nSPS) is 16.8. The fourth-order valence-corrected chi connectivity index (χ4v) is 3.62. The first-order valence-electron chi connectivity index (χ1n) is 9.32. The lowest BCUT2D eigenvalue weighted by atomic mass is 10.0. The number of hydrogen-bond acceptors (Lipinski definition) is 2. The van der Waals surface area contributed by atoms with E-state index in [1.54, 1.807) is 4.90 Å². The Morgan fingerprint density at radius 3 is 2.50 bits per heavy atom. The van der Waals surface area contributed by atoms with Crippen molar-refractivity contribution in [1.29, 1.82) is 0 Å². The zero-order valence-electron chi connectivity index (χ0n) is 15.7. The second-order valence-corrected chi connectivity index (χ2v) is 6.84. The number of carbonyl (C=O) groups is 2. The van der Waals surface area contributed by atoms with Crippen LogP contribution >= 0.6 is 0 Å². The standard InChI is InChI=1S/C22H26N2O2/c1-4-16-10-6-7-12-19(16)24-14-18(13-20(24)25)22(26)23-21-15(3)9-8-11-17(21)5-2/h6-12,18H,4-5,13-14H2,1-3H3,(H,23,26). The summed E-state index contributed by atoms with van der Waals surface area (Å²) in [5.41, 5.74) is 5.13. The summed E-state index contributed by atoms with van der Waals surface area (Å²) >= 11 is 0. The molecule has 2 aromatic rings. The number of hydrogen-bond donors (Lipinski definition) is 1. The van der Waals surface area contributed by atoms with Gasteiger partial charge in [0.25, 0.3) is 0 Å². The van der Waals surface area contributed by atoms with Crippen LogP contribution in [0.25, 0.3) is 0 Å². The van der Waals surface area contributed by atoms with Gasteiger partial charge in [0.05, 0.1) is 5.92 Å². The van der Waals surface area contributed by atoms with Crippen LogP contribution in [0.2, 0.25) is 0 Å². The van der Waals surface area contributed by atoms with Gasteiger partial charge >= 0.3 is 0 Å². The predicted octanol–water partition coefficient (Wildman–Crippen LogP) is 4.11. The highest BCUT2D eigenvalue weighted by Crippen LogP contribution is 2.30. The first kappa shape index (κ1) is 18.2. The van der Waals surface area contributed by atoms with Crippen LogP contribution in [-0.2, 0) is 22.4 Å². The molecule has 1 aliphatic heterocycles. The lowest BCUT2D eigenvalue weighted by Gasteiger charge is -2.20. The smallest absolute Gasteiger partial charge is 0.229 e. The molecule has 0 aliphatic carbocycles. The molecule has 0 radical (unpaired) electrons. The van der Waals surface area contributed by atoms with Gasteiger partial charge in [0, 0.05) is 24.3 Å². The molecule has 26 heavy (non-hydrogen) atoms. The van der Waals surface area contributed by atoms with Crippen molar-refractivity contribution in [2.75, 3.05) is 16.8 Å². The molecule has 0 aromatic heterocycles. The van der Waals surface area contributed by atoms with Crippen molar-refractivity contribution < 1.29 is 9.59 Å². The molecule has 1 saturated heterocycles. The van der Waals surface area contributed by atoms with Crippen molar-refractivity contribution in [2.24, 2.45) is 5.92 Å². The average Bonchev–Trinajstić information content (AvgIpc) is 3.05. The fraction of sp³-hybridized carbons (Fsp3) is 0.364. The number of benzene rings is 2. The topological polar surface area (TPSA) is 49.4 Å². The Kier molecular flexibility index (Phi) is 5.40. The lowest BCUT2D eigenvalue weighted by molar-refractivity contribution is -0.122. The van der Waals surface area contributed by atoms with Crippen molar-refractivity contribution >= 4 is 23.2 Å². The molecule has 1 atom stereocenters. The Morgan fingerprint density at radius 2 is 1.77 bits per heavy atom. The van der Waals surface area contributed by atoms with E-state index in [1.807, 2.05) is 49.4 Å². The predicted molar refractivity (Wildman–Crippen MR) is 105 cm³/mol. The Morgan fingerprint density at radius 1 is 1.08 bits per heavy atom. The van der Waals surface area contributed by atoms with Crippen LogP contribution in [0, 0.1) is 12.8 Å². The number of rotatable bonds is 5. The number of para-hydroxylation sites is 2. The molecular formula is C22H26N2O2. The first-order valence-corrected chi connectivity index (χ1v) is 9.32. The minimum atomic E-state index is -0.322. The maximum atomic E-state index is 12.8. The average molecular weight is 350 g/mol. The van der Waals surface area contributed by atoms with E-state index in [0.717, 1.165) is 40.9 Å². The first-order chi connectivity index (χ1) is 12.5. The van der Waals surface area contributed by atoms with Gasteiger partial charge in [-0.25, -0.2) is 0 Å². The zero-order chi connectivity index (χ0) is 18.7. The minimum absolute atomic E-state index is 0.0200. The van der Waals surface area contributed by atoms with Gasteiger partial charge in [-0.15, -0.1) is 0 Å². The molecule has 0 saturated carbocycles. The van der Waals surface area contributed by atoms with Crippen LogP contribution in [-0.4, -0.2) is 18.4 Å². The molecule has 1 heterocycles. The van der Waals surface area contributed by atoms with Crippen LogP contribution in [0.1, 0.15) is 37.0 Å². The second-order valence-electron chi connectivity index (χ2n) is 6.84. The van der Waals surface area contributed by atoms with Crippen LogP contribution in [0.15, 0.2) is 42.5 Å². The van der Waals surface area contributed by atoms with Gasteiger partial charge in [0.1, 0.15) is 0 Å². The molecule has 0 bridgehead atoms. The molecule has 3 rings (SSSR count). The Bertz CT molecular complexity index is 829. The molecule has 4 heteroatoms. The van der Waals surface area contributed by atoms with Gasteiger partial charge in [-0.1, -0.05) is 50.2 Å². The Labute approximate surface area is 155 Å². The second kappa shape index (κ2) is 7.73. The number of aryl methyl sites for hydroxylation is 3. The molecule has 1 unspecified atom stereocenters. The summed E-state index contributed by atoms with van der Waals surface area (Å²) in [6, 6.07) is 14.0. The van der Waals surface area contributed by atoms with Gasteiger partial charge in [-0.2, -0.15) is 0 Å². The summed E-state index contributed by atoms with van der Waals surface area (Å²) < 4.78 is 0. The van der Waals surface area contributed by atoms with Crippen LogP contribution in [0.5, 0.6) is 0 Å². The summed E-state index contributed by atoms with van der Waals surface area (Å²) in [6.07, 6.45) is 1.98. The molecule has 4 nitrogen and oxygen atoms in total. The fourth-order valence-electron chi connectivity index (χ4n) is 3.62. The van der Waals surface area contributed by atoms with Gasteiger partial charge in [0.2, 0.25) is 11.8 Å². The number of anilines is 2. The third-order valence-corrected chi connectivity index (χ3v) is 5.15. The van der Waals surface area contributed by atoms with E-state index in [4.69, 9.17) is 0 Å². The van der Waals surface area contributed by atoms with E-state index in [9.17, 15) is 9.59 Å². The molecule has 1 fully saturated rings. The van der Waals surface area contributed by atoms with Crippen molar-refractivity contribution in [1.82, 2.24) is 0 Å². The highest BCUT2D eigenvalue weighted by molar-refractivity contribution is 6.04. The molecular weight excluding hydrogens is 324 g/mol. The van der Waals surface area contributed by atoms with E-state index in [0.29, 0.717) is 6.54 Å². The van der Waals surface area contributed by atoms with E-state index >= 15 is 0 Å². The number of nitrogens with zero attached hydrogens (tertiary/aromatic N) is 1. The van der Waals surface area contributed by atoms with E-state index in [1.165, 1.54) is 0 Å². The summed E-state index contributed by atoms with van der Waals surface area (Å²) in [5.74, 6) is -0.373. The van der Waals surface area contributed by atoms with Crippen molar-refractivity contribution in [3.8, 4) is 0 Å². The van der Waals surface area contributed by atoms with Crippen LogP contribution < -0.4 is 10.2 Å². The third kappa shape index (κ3) is 3.50. The highest BCUT2D eigenvalue weighted by Gasteiger charge is 2.36. The summed E-state index contributed by atoms with van der Waals surface area (Å²) in [4.78, 5) is 27.1. The molecule has 2 amide bonds. The zero-order valence-corrected chi connectivity index (χ0v) is 15.7. The van der Waals surface area contributed by atoms with Crippen molar-refractivity contribution in [3.63, 3.8) is 0 Å². The number of carbonyl (C=O) groups excluding carboxylic acids is 2. The highest BCUT2D eigenvalue weighted by atomic mass is 16.2. The molecule has 1 aliphatic rings. The van der Waals surface area contributed by atoms with Gasteiger partial charge < -0.3 is 10.2 Å². The van der Waals surface area contributed by atoms with Crippen molar-refractivity contribution in [2.45, 2.75) is 40.0 Å². The van der Waals surface area contributed by atoms with Crippen molar-refractivity contribution in [3.05, 3.63) is 59.2 Å². The molecule has 1 N–H and O–H groups in total. The SMILES string of the molecule is CCc1ccccc1N1CC(C(=O)Nc2c(C)cccc2CC)CC1=O. The largest absolute Gasteiger partial charge is 0.325 e. The monoisotopic (exact) mass is 350 g/mol. The maximum Gasteiger partial charge on any atom is 0.229 e. The summed E-state index contributed by atoms with van der Waals surface area (Å²) in [7, 11) is 0. The van der Waals surface area contributed by atoms with Gasteiger partial charge in [0.15, 0.2) is 0 Å².